The number of ether oxygens (including phenoxy) is 1. The van der Waals surface area contributed by atoms with Gasteiger partial charge in [0.1, 0.15) is 12.3 Å². The largest absolute Gasteiger partial charge is 0.497 e. The summed E-state index contributed by atoms with van der Waals surface area (Å²) < 4.78 is 5.16. The Morgan fingerprint density at radius 3 is 2.48 bits per heavy atom. The first-order valence-corrected chi connectivity index (χ1v) is 8.89. The van der Waals surface area contributed by atoms with Gasteiger partial charge in [-0.25, -0.2) is 5.01 Å². The molecule has 1 aliphatic rings. The fourth-order valence-corrected chi connectivity index (χ4v) is 2.81. The average Bonchev–Trinajstić information content (AvgIpc) is 2.69. The molecule has 2 aromatic rings. The van der Waals surface area contributed by atoms with Crippen LogP contribution in [-0.2, 0) is 16.1 Å². The van der Waals surface area contributed by atoms with E-state index in [2.05, 4.69) is 10.4 Å². The van der Waals surface area contributed by atoms with Crippen LogP contribution < -0.4 is 10.1 Å². The fourth-order valence-electron chi connectivity index (χ4n) is 2.81. The van der Waals surface area contributed by atoms with Crippen molar-refractivity contribution in [3.05, 3.63) is 65.2 Å². The van der Waals surface area contributed by atoms with Gasteiger partial charge in [0.25, 0.3) is 0 Å². The Balaban J connectivity index is 1.62. The number of hydrogen-bond donors (Lipinski definition) is 1. The topological polar surface area (TPSA) is 71.0 Å². The number of amides is 2. The minimum absolute atomic E-state index is 0.0790. The molecule has 0 aromatic heterocycles. The number of carbonyl (C=O) groups is 2. The van der Waals surface area contributed by atoms with Crippen molar-refractivity contribution in [1.29, 1.82) is 0 Å². The molecule has 1 heterocycles. The van der Waals surface area contributed by atoms with Crippen LogP contribution in [0.2, 0.25) is 0 Å². The first-order valence-electron chi connectivity index (χ1n) is 8.89. The van der Waals surface area contributed by atoms with E-state index in [0.717, 1.165) is 22.6 Å². The van der Waals surface area contributed by atoms with E-state index in [4.69, 9.17) is 4.74 Å². The van der Waals surface area contributed by atoms with E-state index in [9.17, 15) is 9.59 Å². The molecule has 140 valence electrons. The molecule has 0 saturated carbocycles. The maximum Gasteiger partial charge on any atom is 0.243 e. The second kappa shape index (κ2) is 8.49. The maximum atomic E-state index is 12.2. The third kappa shape index (κ3) is 4.94. The Bertz CT molecular complexity index is 842. The fraction of sp³-hybridized carbons (Fsp3) is 0.286. The second-order valence-electron chi connectivity index (χ2n) is 6.49. The summed E-state index contributed by atoms with van der Waals surface area (Å²) in [4.78, 5) is 24.4. The molecule has 0 spiro atoms. The van der Waals surface area contributed by atoms with Crippen LogP contribution in [0.1, 0.15) is 29.5 Å². The zero-order valence-corrected chi connectivity index (χ0v) is 15.6. The Kier molecular flexibility index (Phi) is 5.86. The molecular formula is C21H23N3O3. The summed E-state index contributed by atoms with van der Waals surface area (Å²) in [5.41, 5.74) is 3.91. The number of nitrogens with one attached hydrogen (secondary N) is 1. The van der Waals surface area contributed by atoms with Crippen LogP contribution in [0.25, 0.3) is 0 Å². The van der Waals surface area contributed by atoms with E-state index in [1.165, 1.54) is 10.6 Å². The Morgan fingerprint density at radius 2 is 1.81 bits per heavy atom. The molecule has 3 rings (SSSR count). The van der Waals surface area contributed by atoms with E-state index in [-0.39, 0.29) is 18.4 Å². The number of hydrazone groups is 1. The molecule has 0 atom stereocenters. The molecule has 1 aliphatic heterocycles. The Morgan fingerprint density at radius 1 is 1.11 bits per heavy atom. The molecule has 6 heteroatoms. The summed E-state index contributed by atoms with van der Waals surface area (Å²) in [5.74, 6) is 0.389. The molecule has 1 N–H and O–H groups in total. The normalized spacial score (nSPS) is 13.9. The highest BCUT2D eigenvalue weighted by Gasteiger charge is 2.23. The van der Waals surface area contributed by atoms with Gasteiger partial charge in [-0.15, -0.1) is 0 Å². The van der Waals surface area contributed by atoms with Gasteiger partial charge in [-0.05, 0) is 42.3 Å². The summed E-state index contributed by atoms with van der Waals surface area (Å²) in [6.45, 7) is 2.36. The summed E-state index contributed by atoms with van der Waals surface area (Å²) in [5, 5.41) is 8.49. The van der Waals surface area contributed by atoms with E-state index < -0.39 is 0 Å². The van der Waals surface area contributed by atoms with Crippen molar-refractivity contribution in [3.8, 4) is 5.75 Å². The van der Waals surface area contributed by atoms with Crippen molar-refractivity contribution in [1.82, 2.24) is 10.3 Å². The highest BCUT2D eigenvalue weighted by Crippen LogP contribution is 2.18. The van der Waals surface area contributed by atoms with E-state index in [0.29, 0.717) is 19.4 Å². The Labute approximate surface area is 158 Å². The first-order chi connectivity index (χ1) is 13.0. The van der Waals surface area contributed by atoms with Crippen molar-refractivity contribution in [2.24, 2.45) is 5.10 Å². The summed E-state index contributed by atoms with van der Waals surface area (Å²) in [6.07, 6.45) is 0.906. The molecule has 2 aromatic carbocycles. The molecule has 0 saturated heterocycles. The van der Waals surface area contributed by atoms with Gasteiger partial charge in [-0.2, -0.15) is 5.10 Å². The lowest BCUT2D eigenvalue weighted by atomic mass is 10.0. The van der Waals surface area contributed by atoms with Crippen LogP contribution in [0.15, 0.2) is 53.6 Å². The molecule has 6 nitrogen and oxygen atoms in total. The van der Waals surface area contributed by atoms with E-state index in [1.807, 2.05) is 55.5 Å². The van der Waals surface area contributed by atoms with Gasteiger partial charge in [-0.3, -0.25) is 9.59 Å². The van der Waals surface area contributed by atoms with Crippen molar-refractivity contribution in [3.63, 3.8) is 0 Å². The lowest BCUT2D eigenvalue weighted by Gasteiger charge is -2.23. The zero-order chi connectivity index (χ0) is 19.2. The molecule has 0 aliphatic carbocycles. The molecule has 0 radical (unpaired) electrons. The smallest absolute Gasteiger partial charge is 0.243 e. The third-order valence-corrected chi connectivity index (χ3v) is 4.43. The van der Waals surface area contributed by atoms with Gasteiger partial charge >= 0.3 is 0 Å². The Hall–Kier alpha value is -3.15. The highest BCUT2D eigenvalue weighted by molar-refractivity contribution is 6.04. The molecule has 2 amide bonds. The molecule has 27 heavy (non-hydrogen) atoms. The quantitative estimate of drug-likeness (QED) is 0.855. The molecule has 0 fully saturated rings. The van der Waals surface area contributed by atoms with Crippen LogP contribution in [0.3, 0.4) is 0 Å². The van der Waals surface area contributed by atoms with Gasteiger partial charge in [-0.1, -0.05) is 29.8 Å². The van der Waals surface area contributed by atoms with Gasteiger partial charge < -0.3 is 10.1 Å². The van der Waals surface area contributed by atoms with Crippen molar-refractivity contribution >= 4 is 17.5 Å². The average molecular weight is 365 g/mol. The van der Waals surface area contributed by atoms with Crippen LogP contribution in [0.5, 0.6) is 5.75 Å². The predicted molar refractivity (Wildman–Crippen MR) is 104 cm³/mol. The minimum Gasteiger partial charge on any atom is -0.497 e. The number of hydrogen-bond acceptors (Lipinski definition) is 4. The lowest BCUT2D eigenvalue weighted by Crippen LogP contribution is -2.40. The number of benzene rings is 2. The van der Waals surface area contributed by atoms with Crippen LogP contribution in [-0.4, -0.2) is 36.2 Å². The molecular weight excluding hydrogens is 342 g/mol. The summed E-state index contributed by atoms with van der Waals surface area (Å²) in [7, 11) is 1.61. The number of nitrogens with zero attached hydrogens (tertiary/aromatic N) is 2. The second-order valence-corrected chi connectivity index (χ2v) is 6.49. The van der Waals surface area contributed by atoms with Crippen LogP contribution in [0.4, 0.5) is 0 Å². The van der Waals surface area contributed by atoms with Crippen molar-refractivity contribution in [2.45, 2.75) is 26.3 Å². The number of carbonyl (C=O) groups excluding carboxylic acids is 2. The molecule has 0 bridgehead atoms. The minimum atomic E-state index is -0.233. The van der Waals surface area contributed by atoms with Crippen LogP contribution >= 0.6 is 0 Å². The summed E-state index contributed by atoms with van der Waals surface area (Å²) in [6, 6.07) is 15.5. The SMILES string of the molecule is COc1ccc(C2=NN(CC(=O)NCc3ccc(C)cc3)C(=O)CC2)cc1. The van der Waals surface area contributed by atoms with Gasteiger partial charge in [0.2, 0.25) is 11.8 Å². The van der Waals surface area contributed by atoms with Crippen LogP contribution in [0, 0.1) is 6.92 Å². The van der Waals surface area contributed by atoms with Gasteiger partial charge in [0.05, 0.1) is 12.8 Å². The third-order valence-electron chi connectivity index (χ3n) is 4.43. The summed E-state index contributed by atoms with van der Waals surface area (Å²) >= 11 is 0. The monoisotopic (exact) mass is 365 g/mol. The van der Waals surface area contributed by atoms with E-state index >= 15 is 0 Å². The zero-order valence-electron chi connectivity index (χ0n) is 15.6. The molecule has 0 unspecified atom stereocenters. The van der Waals surface area contributed by atoms with E-state index in [1.54, 1.807) is 7.11 Å². The first kappa shape index (κ1) is 18.6. The maximum absolute atomic E-state index is 12.2. The van der Waals surface area contributed by atoms with Crippen molar-refractivity contribution < 1.29 is 14.3 Å². The predicted octanol–water partition coefficient (Wildman–Crippen LogP) is 2.65. The number of methoxy groups -OCH3 is 1. The van der Waals surface area contributed by atoms with Crippen molar-refractivity contribution in [2.75, 3.05) is 13.7 Å². The van der Waals surface area contributed by atoms with Gasteiger partial charge in [0, 0.05) is 19.4 Å². The number of aryl methyl sites for hydroxylation is 1. The lowest BCUT2D eigenvalue weighted by molar-refractivity contribution is -0.136. The standard InChI is InChI=1S/C21H23N3O3/c1-15-3-5-16(6-4-15)13-22-20(25)14-24-21(26)12-11-19(23-24)17-7-9-18(27-2)10-8-17/h3-10H,11-14H2,1-2H3,(H,22,25). The van der Waals surface area contributed by atoms with Gasteiger partial charge in [0.15, 0.2) is 0 Å². The number of rotatable bonds is 6. The highest BCUT2D eigenvalue weighted by atomic mass is 16.5.